The Kier molecular flexibility index (Phi) is 6.69. The zero-order chi connectivity index (χ0) is 17.4. The maximum Gasteiger partial charge on any atom is 0.274 e. The van der Waals surface area contributed by atoms with Gasteiger partial charge in [-0.15, -0.1) is 0 Å². The number of carbonyl (C=O) groups excluding carboxylic acids is 1. The number of ether oxygens (including phenoxy) is 1. The molecule has 128 valence electrons. The van der Waals surface area contributed by atoms with Crippen LogP contribution in [0.4, 0.5) is 0 Å². The molecule has 0 saturated carbocycles. The molecule has 1 aromatic heterocycles. The molecule has 24 heavy (non-hydrogen) atoms. The largest absolute Gasteiger partial charge is 0.383 e. The second-order valence-corrected chi connectivity index (χ2v) is 5.49. The number of amides is 1. The Balaban J connectivity index is 2.21. The van der Waals surface area contributed by atoms with Gasteiger partial charge in [0.15, 0.2) is 0 Å². The fourth-order valence-electron chi connectivity index (χ4n) is 2.39. The van der Waals surface area contributed by atoms with E-state index in [1.54, 1.807) is 12.0 Å². The average molecular weight is 329 g/mol. The molecule has 0 fully saturated rings. The van der Waals surface area contributed by atoms with E-state index in [9.17, 15) is 9.59 Å². The quantitative estimate of drug-likeness (QED) is 0.742. The lowest BCUT2D eigenvalue weighted by Crippen LogP contribution is -2.34. The molecule has 6 heteroatoms. The van der Waals surface area contributed by atoms with E-state index >= 15 is 0 Å². The highest BCUT2D eigenvalue weighted by atomic mass is 16.5. The lowest BCUT2D eigenvalue weighted by Gasteiger charge is -2.22. The monoisotopic (exact) mass is 329 g/mol. The molecule has 0 saturated heterocycles. The van der Waals surface area contributed by atoms with Gasteiger partial charge in [0.2, 0.25) is 0 Å². The van der Waals surface area contributed by atoms with Crippen molar-refractivity contribution < 1.29 is 9.53 Å². The average Bonchev–Trinajstić information content (AvgIpc) is 2.61. The molecule has 0 atom stereocenters. The Morgan fingerprint density at radius 3 is 2.62 bits per heavy atom. The Hall–Kier alpha value is -2.47. The predicted molar refractivity (Wildman–Crippen MR) is 91.8 cm³/mol. The summed E-state index contributed by atoms with van der Waals surface area (Å²) in [6.45, 7) is 3.87. The first-order valence-corrected chi connectivity index (χ1v) is 8.06. The van der Waals surface area contributed by atoms with Crippen LogP contribution >= 0.6 is 0 Å². The minimum Gasteiger partial charge on any atom is -0.383 e. The second kappa shape index (κ2) is 8.98. The van der Waals surface area contributed by atoms with E-state index in [-0.39, 0.29) is 17.2 Å². The summed E-state index contributed by atoms with van der Waals surface area (Å²) in [5, 5.41) is 4.19. The first-order chi connectivity index (χ1) is 11.7. The third-order valence-electron chi connectivity index (χ3n) is 3.59. The van der Waals surface area contributed by atoms with E-state index in [1.807, 2.05) is 37.3 Å². The van der Waals surface area contributed by atoms with Gasteiger partial charge in [-0.3, -0.25) is 9.59 Å². The number of nitrogens with zero attached hydrogens (tertiary/aromatic N) is 3. The van der Waals surface area contributed by atoms with Crippen LogP contribution in [-0.2, 0) is 17.8 Å². The van der Waals surface area contributed by atoms with Gasteiger partial charge in [-0.2, -0.15) is 5.10 Å². The van der Waals surface area contributed by atoms with Crippen LogP contribution in [0.3, 0.4) is 0 Å². The molecule has 0 aliphatic carbocycles. The molecule has 0 aliphatic heterocycles. The zero-order valence-electron chi connectivity index (χ0n) is 14.1. The molecule has 2 rings (SSSR count). The van der Waals surface area contributed by atoms with Crippen molar-refractivity contribution >= 4 is 5.91 Å². The summed E-state index contributed by atoms with van der Waals surface area (Å²) < 4.78 is 6.24. The van der Waals surface area contributed by atoms with E-state index in [1.165, 1.54) is 16.8 Å². The Bertz CT molecular complexity index is 713. The van der Waals surface area contributed by atoms with Gasteiger partial charge in [-0.25, -0.2) is 4.68 Å². The molecule has 6 nitrogen and oxygen atoms in total. The van der Waals surface area contributed by atoms with Crippen molar-refractivity contribution in [3.05, 3.63) is 64.1 Å². The molecule has 0 aliphatic rings. The molecule has 0 bridgehead atoms. The standard InChI is InChI=1S/C18H23N3O3/c1-3-11-20(14-15-7-5-4-6-8-15)18(23)16-9-10-17(22)21(19-16)12-13-24-2/h4-10H,3,11-14H2,1-2H3. The van der Waals surface area contributed by atoms with Gasteiger partial charge in [0.1, 0.15) is 5.69 Å². The summed E-state index contributed by atoms with van der Waals surface area (Å²) in [5.74, 6) is -0.174. The van der Waals surface area contributed by atoms with Crippen LogP contribution in [0.15, 0.2) is 47.3 Å². The molecular weight excluding hydrogens is 306 g/mol. The molecule has 1 amide bonds. The molecule has 0 unspecified atom stereocenters. The first-order valence-electron chi connectivity index (χ1n) is 8.06. The Morgan fingerprint density at radius 1 is 1.21 bits per heavy atom. The summed E-state index contributed by atoms with van der Waals surface area (Å²) in [7, 11) is 1.56. The molecule has 0 spiro atoms. The van der Waals surface area contributed by atoms with E-state index < -0.39 is 0 Å². The summed E-state index contributed by atoms with van der Waals surface area (Å²) in [6.07, 6.45) is 0.849. The van der Waals surface area contributed by atoms with Crippen molar-refractivity contribution in [2.45, 2.75) is 26.4 Å². The van der Waals surface area contributed by atoms with Crippen molar-refractivity contribution in [2.75, 3.05) is 20.3 Å². The van der Waals surface area contributed by atoms with Crippen molar-refractivity contribution in [1.82, 2.24) is 14.7 Å². The van der Waals surface area contributed by atoms with Gasteiger partial charge in [0.25, 0.3) is 11.5 Å². The fraction of sp³-hybridized carbons (Fsp3) is 0.389. The predicted octanol–water partition coefficient (Wildman–Crippen LogP) is 1.94. The number of hydrogen-bond donors (Lipinski definition) is 0. The molecule has 0 radical (unpaired) electrons. The number of hydrogen-bond acceptors (Lipinski definition) is 4. The van der Waals surface area contributed by atoms with Crippen molar-refractivity contribution in [3.63, 3.8) is 0 Å². The van der Waals surface area contributed by atoms with Crippen LogP contribution in [-0.4, -0.2) is 40.8 Å². The number of methoxy groups -OCH3 is 1. The summed E-state index contributed by atoms with van der Waals surface area (Å²) in [4.78, 5) is 26.4. The van der Waals surface area contributed by atoms with E-state index in [0.29, 0.717) is 26.2 Å². The number of benzene rings is 1. The van der Waals surface area contributed by atoms with Crippen LogP contribution in [0, 0.1) is 0 Å². The van der Waals surface area contributed by atoms with E-state index in [2.05, 4.69) is 5.10 Å². The summed E-state index contributed by atoms with van der Waals surface area (Å²) in [5.41, 5.74) is 1.09. The fourth-order valence-corrected chi connectivity index (χ4v) is 2.39. The first kappa shape index (κ1) is 17.9. The Labute approximate surface area is 141 Å². The second-order valence-electron chi connectivity index (χ2n) is 5.49. The SMILES string of the molecule is CCCN(Cc1ccccc1)C(=O)c1ccc(=O)n(CCOC)n1. The number of aromatic nitrogens is 2. The van der Waals surface area contributed by atoms with E-state index in [4.69, 9.17) is 4.74 Å². The maximum absolute atomic E-state index is 12.8. The number of carbonyl (C=O) groups is 1. The van der Waals surface area contributed by atoms with Crippen LogP contribution < -0.4 is 5.56 Å². The third kappa shape index (κ3) is 4.76. The number of rotatable bonds is 8. The molecule has 0 N–H and O–H groups in total. The summed E-state index contributed by atoms with van der Waals surface area (Å²) >= 11 is 0. The van der Waals surface area contributed by atoms with Crippen LogP contribution in [0.1, 0.15) is 29.4 Å². The maximum atomic E-state index is 12.8. The van der Waals surface area contributed by atoms with Crippen molar-refractivity contribution in [1.29, 1.82) is 0 Å². The molecule has 1 heterocycles. The van der Waals surface area contributed by atoms with Gasteiger partial charge < -0.3 is 9.64 Å². The smallest absolute Gasteiger partial charge is 0.274 e. The molecule has 1 aromatic carbocycles. The lowest BCUT2D eigenvalue weighted by atomic mass is 10.2. The van der Waals surface area contributed by atoms with Gasteiger partial charge in [-0.05, 0) is 18.1 Å². The summed E-state index contributed by atoms with van der Waals surface area (Å²) in [6, 6.07) is 12.7. The van der Waals surface area contributed by atoms with Gasteiger partial charge in [0, 0.05) is 26.3 Å². The van der Waals surface area contributed by atoms with Gasteiger partial charge in [0.05, 0.1) is 13.2 Å². The molecule has 2 aromatic rings. The minimum absolute atomic E-state index is 0.174. The van der Waals surface area contributed by atoms with Crippen LogP contribution in [0.25, 0.3) is 0 Å². The van der Waals surface area contributed by atoms with Crippen molar-refractivity contribution in [2.24, 2.45) is 0 Å². The third-order valence-corrected chi connectivity index (χ3v) is 3.59. The Morgan fingerprint density at radius 2 is 1.96 bits per heavy atom. The molecular formula is C18H23N3O3. The van der Waals surface area contributed by atoms with Crippen LogP contribution in [0.5, 0.6) is 0 Å². The van der Waals surface area contributed by atoms with Crippen LogP contribution in [0.2, 0.25) is 0 Å². The van der Waals surface area contributed by atoms with E-state index in [0.717, 1.165) is 12.0 Å². The topological polar surface area (TPSA) is 64.4 Å². The zero-order valence-corrected chi connectivity index (χ0v) is 14.1. The normalized spacial score (nSPS) is 10.6. The van der Waals surface area contributed by atoms with Gasteiger partial charge >= 0.3 is 0 Å². The van der Waals surface area contributed by atoms with Crippen molar-refractivity contribution in [3.8, 4) is 0 Å². The minimum atomic E-state index is -0.242. The highest BCUT2D eigenvalue weighted by Crippen LogP contribution is 2.09. The highest BCUT2D eigenvalue weighted by molar-refractivity contribution is 5.92. The highest BCUT2D eigenvalue weighted by Gasteiger charge is 2.18. The lowest BCUT2D eigenvalue weighted by molar-refractivity contribution is 0.0733. The van der Waals surface area contributed by atoms with Gasteiger partial charge in [-0.1, -0.05) is 37.3 Å².